The fourth-order valence-corrected chi connectivity index (χ4v) is 2.25. The number of rotatable bonds is 3. The lowest BCUT2D eigenvalue weighted by molar-refractivity contribution is 0.231. The van der Waals surface area contributed by atoms with Crippen LogP contribution in [0.4, 0.5) is 10.1 Å². The van der Waals surface area contributed by atoms with Gasteiger partial charge in [0, 0.05) is 12.2 Å². The van der Waals surface area contributed by atoms with Crippen LogP contribution in [0, 0.1) is 5.82 Å². The van der Waals surface area contributed by atoms with Crippen molar-refractivity contribution >= 4 is 5.69 Å². The highest BCUT2D eigenvalue weighted by Crippen LogP contribution is 2.15. The van der Waals surface area contributed by atoms with E-state index in [4.69, 9.17) is 5.73 Å². The molecule has 1 aromatic rings. The number of benzene rings is 1. The summed E-state index contributed by atoms with van der Waals surface area (Å²) in [5.74, 6) is -0.192. The predicted octanol–water partition coefficient (Wildman–Crippen LogP) is 2.44. The van der Waals surface area contributed by atoms with E-state index in [1.165, 1.54) is 38.4 Å². The minimum absolute atomic E-state index is 0.192. The van der Waals surface area contributed by atoms with Gasteiger partial charge in [-0.2, -0.15) is 0 Å². The summed E-state index contributed by atoms with van der Waals surface area (Å²) < 4.78 is 13.0. The van der Waals surface area contributed by atoms with E-state index >= 15 is 0 Å². The highest BCUT2D eigenvalue weighted by atomic mass is 19.1. The van der Waals surface area contributed by atoms with Gasteiger partial charge in [-0.15, -0.1) is 0 Å². The zero-order chi connectivity index (χ0) is 11.4. The van der Waals surface area contributed by atoms with Gasteiger partial charge in [0.15, 0.2) is 0 Å². The molecule has 0 bridgehead atoms. The first kappa shape index (κ1) is 11.4. The molecule has 1 saturated heterocycles. The second kappa shape index (κ2) is 5.30. The molecule has 2 N–H and O–H groups in total. The highest BCUT2D eigenvalue weighted by molar-refractivity contribution is 5.46. The SMILES string of the molecule is Nc1ccc(F)cc1CCN1CCCCC1. The molecule has 0 saturated carbocycles. The Balaban J connectivity index is 1.90. The number of likely N-dealkylation sites (tertiary alicyclic amines) is 1. The number of hydrogen-bond acceptors (Lipinski definition) is 2. The average Bonchev–Trinajstić information content (AvgIpc) is 2.32. The molecule has 0 atom stereocenters. The van der Waals surface area contributed by atoms with Crippen LogP contribution in [0.3, 0.4) is 0 Å². The van der Waals surface area contributed by atoms with E-state index in [1.807, 2.05) is 0 Å². The summed E-state index contributed by atoms with van der Waals surface area (Å²) in [5, 5.41) is 0. The fourth-order valence-electron chi connectivity index (χ4n) is 2.25. The third-order valence-electron chi connectivity index (χ3n) is 3.25. The van der Waals surface area contributed by atoms with E-state index in [-0.39, 0.29) is 5.82 Å². The van der Waals surface area contributed by atoms with E-state index in [9.17, 15) is 4.39 Å². The number of anilines is 1. The smallest absolute Gasteiger partial charge is 0.123 e. The topological polar surface area (TPSA) is 29.3 Å². The van der Waals surface area contributed by atoms with E-state index in [1.54, 1.807) is 12.1 Å². The van der Waals surface area contributed by atoms with Crippen molar-refractivity contribution < 1.29 is 4.39 Å². The third kappa shape index (κ3) is 2.95. The van der Waals surface area contributed by atoms with Crippen LogP contribution in [-0.4, -0.2) is 24.5 Å². The Kier molecular flexibility index (Phi) is 3.78. The Morgan fingerprint density at radius 1 is 1.19 bits per heavy atom. The lowest BCUT2D eigenvalue weighted by Crippen LogP contribution is -2.31. The normalized spacial score (nSPS) is 17.6. The summed E-state index contributed by atoms with van der Waals surface area (Å²) >= 11 is 0. The second-order valence-corrected chi connectivity index (χ2v) is 4.50. The molecular weight excluding hydrogens is 203 g/mol. The Morgan fingerprint density at radius 2 is 1.94 bits per heavy atom. The molecule has 0 unspecified atom stereocenters. The third-order valence-corrected chi connectivity index (χ3v) is 3.25. The molecule has 0 aliphatic carbocycles. The predicted molar refractivity (Wildman–Crippen MR) is 64.8 cm³/mol. The molecule has 1 aromatic carbocycles. The molecule has 16 heavy (non-hydrogen) atoms. The van der Waals surface area contributed by atoms with Gasteiger partial charge in [0.2, 0.25) is 0 Å². The van der Waals surface area contributed by atoms with Crippen molar-refractivity contribution in [1.82, 2.24) is 4.90 Å². The minimum atomic E-state index is -0.192. The van der Waals surface area contributed by atoms with Gasteiger partial charge in [0.05, 0.1) is 0 Å². The Hall–Kier alpha value is -1.09. The first-order chi connectivity index (χ1) is 7.75. The molecule has 0 amide bonds. The first-order valence-electron chi connectivity index (χ1n) is 6.02. The second-order valence-electron chi connectivity index (χ2n) is 4.50. The van der Waals surface area contributed by atoms with Crippen molar-refractivity contribution in [2.24, 2.45) is 0 Å². The van der Waals surface area contributed by atoms with Crippen molar-refractivity contribution in [3.8, 4) is 0 Å². The van der Waals surface area contributed by atoms with Crippen molar-refractivity contribution in [3.63, 3.8) is 0 Å². The van der Waals surface area contributed by atoms with Gasteiger partial charge in [-0.05, 0) is 56.1 Å². The van der Waals surface area contributed by atoms with Gasteiger partial charge in [-0.25, -0.2) is 4.39 Å². The van der Waals surface area contributed by atoms with Crippen molar-refractivity contribution in [2.75, 3.05) is 25.4 Å². The van der Waals surface area contributed by atoms with Crippen LogP contribution in [0.2, 0.25) is 0 Å². The molecule has 2 rings (SSSR count). The molecule has 0 radical (unpaired) electrons. The Labute approximate surface area is 96.2 Å². The van der Waals surface area contributed by atoms with Crippen molar-refractivity contribution in [3.05, 3.63) is 29.6 Å². The molecule has 1 aliphatic rings. The lowest BCUT2D eigenvalue weighted by Gasteiger charge is -2.26. The van der Waals surface area contributed by atoms with E-state index in [2.05, 4.69) is 4.90 Å². The molecule has 0 spiro atoms. The van der Waals surface area contributed by atoms with Gasteiger partial charge in [-0.3, -0.25) is 0 Å². The summed E-state index contributed by atoms with van der Waals surface area (Å²) in [6, 6.07) is 4.62. The summed E-state index contributed by atoms with van der Waals surface area (Å²) in [4.78, 5) is 2.44. The van der Waals surface area contributed by atoms with E-state index in [0.717, 1.165) is 18.5 Å². The quantitative estimate of drug-likeness (QED) is 0.796. The van der Waals surface area contributed by atoms with Crippen molar-refractivity contribution in [1.29, 1.82) is 0 Å². The van der Waals surface area contributed by atoms with Gasteiger partial charge in [-0.1, -0.05) is 6.42 Å². The maximum atomic E-state index is 13.0. The molecule has 2 nitrogen and oxygen atoms in total. The molecule has 88 valence electrons. The average molecular weight is 222 g/mol. The van der Waals surface area contributed by atoms with Crippen LogP contribution in [0.5, 0.6) is 0 Å². The first-order valence-corrected chi connectivity index (χ1v) is 6.02. The largest absolute Gasteiger partial charge is 0.399 e. The van der Waals surface area contributed by atoms with Crippen molar-refractivity contribution in [2.45, 2.75) is 25.7 Å². The highest BCUT2D eigenvalue weighted by Gasteiger charge is 2.10. The monoisotopic (exact) mass is 222 g/mol. The Bertz CT molecular complexity index is 346. The van der Waals surface area contributed by atoms with Crippen LogP contribution in [0.25, 0.3) is 0 Å². The number of nitrogen functional groups attached to an aromatic ring is 1. The van der Waals surface area contributed by atoms with E-state index in [0.29, 0.717) is 5.69 Å². The molecule has 3 heteroatoms. The van der Waals surface area contributed by atoms with E-state index < -0.39 is 0 Å². The van der Waals surface area contributed by atoms with Gasteiger partial charge in [0.1, 0.15) is 5.82 Å². The number of hydrogen-bond donors (Lipinski definition) is 1. The molecule has 1 heterocycles. The van der Waals surface area contributed by atoms with Gasteiger partial charge >= 0.3 is 0 Å². The van der Waals surface area contributed by atoms with Gasteiger partial charge < -0.3 is 10.6 Å². The standard InChI is InChI=1S/C13H19FN2/c14-12-4-5-13(15)11(10-12)6-9-16-7-2-1-3-8-16/h4-5,10H,1-3,6-9,15H2. The van der Waals surface area contributed by atoms with Crippen LogP contribution in [-0.2, 0) is 6.42 Å². The number of halogens is 1. The zero-order valence-electron chi connectivity index (χ0n) is 9.58. The molecular formula is C13H19FN2. The molecule has 1 aliphatic heterocycles. The van der Waals surface area contributed by atoms with Crippen LogP contribution in [0.15, 0.2) is 18.2 Å². The summed E-state index contributed by atoms with van der Waals surface area (Å²) in [7, 11) is 0. The van der Waals surface area contributed by atoms with Gasteiger partial charge in [0.25, 0.3) is 0 Å². The van der Waals surface area contributed by atoms with Crippen LogP contribution >= 0.6 is 0 Å². The fraction of sp³-hybridized carbons (Fsp3) is 0.538. The summed E-state index contributed by atoms with van der Waals surface area (Å²) in [6.45, 7) is 3.35. The molecule has 1 fully saturated rings. The maximum absolute atomic E-state index is 13.0. The molecule has 0 aromatic heterocycles. The van der Waals surface area contributed by atoms with Crippen LogP contribution in [0.1, 0.15) is 24.8 Å². The summed E-state index contributed by atoms with van der Waals surface area (Å²) in [6.07, 6.45) is 4.78. The number of nitrogens with two attached hydrogens (primary N) is 1. The van der Waals surface area contributed by atoms with Crippen LogP contribution < -0.4 is 5.73 Å². The Morgan fingerprint density at radius 3 is 2.69 bits per heavy atom. The maximum Gasteiger partial charge on any atom is 0.123 e. The zero-order valence-corrected chi connectivity index (χ0v) is 9.58. The number of nitrogens with zero attached hydrogens (tertiary/aromatic N) is 1. The lowest BCUT2D eigenvalue weighted by atomic mass is 10.1. The number of piperidine rings is 1. The summed E-state index contributed by atoms with van der Waals surface area (Å²) in [5.41, 5.74) is 7.46. The minimum Gasteiger partial charge on any atom is -0.399 e.